The van der Waals surface area contributed by atoms with E-state index in [9.17, 15) is 22.8 Å². The number of rotatable bonds is 7. The predicted molar refractivity (Wildman–Crippen MR) is 125 cm³/mol. The van der Waals surface area contributed by atoms with Gasteiger partial charge in [-0.05, 0) is 48.0 Å². The molecule has 2 aromatic heterocycles. The summed E-state index contributed by atoms with van der Waals surface area (Å²) >= 11 is 0. The quantitative estimate of drug-likeness (QED) is 0.430. The highest BCUT2D eigenvalue weighted by atomic mass is 19.4. The normalized spacial score (nSPS) is 15.2. The van der Waals surface area contributed by atoms with Crippen molar-refractivity contribution in [2.24, 2.45) is 0 Å². The van der Waals surface area contributed by atoms with Gasteiger partial charge in [0.25, 0.3) is 5.91 Å². The van der Waals surface area contributed by atoms with E-state index in [0.717, 1.165) is 17.7 Å². The lowest BCUT2D eigenvalue weighted by molar-refractivity contribution is -0.137. The van der Waals surface area contributed by atoms with Crippen LogP contribution in [0.25, 0.3) is 0 Å². The maximum Gasteiger partial charge on any atom is 0.416 e. The Morgan fingerprint density at radius 2 is 1.81 bits per heavy atom. The second-order valence-corrected chi connectivity index (χ2v) is 7.88. The molecule has 3 N–H and O–H groups in total. The largest absolute Gasteiger partial charge is 0.443 e. The minimum absolute atomic E-state index is 0.124. The zero-order chi connectivity index (χ0) is 25.5. The first kappa shape index (κ1) is 24.9. The van der Waals surface area contributed by atoms with Crippen molar-refractivity contribution in [2.45, 2.75) is 25.2 Å². The number of pyridine rings is 2. The topological polar surface area (TPSA) is 114 Å². The third-order valence-corrected chi connectivity index (χ3v) is 5.19. The molecule has 4 rings (SSSR count). The smallest absolute Gasteiger partial charge is 0.416 e. The van der Waals surface area contributed by atoms with Crippen LogP contribution in [-0.4, -0.2) is 41.3 Å². The van der Waals surface area contributed by atoms with Crippen molar-refractivity contribution < 1.29 is 32.2 Å². The van der Waals surface area contributed by atoms with Gasteiger partial charge in [0.15, 0.2) is 0 Å². The first-order valence-corrected chi connectivity index (χ1v) is 10.9. The van der Waals surface area contributed by atoms with Crippen LogP contribution >= 0.6 is 0 Å². The monoisotopic (exact) mass is 501 g/mol. The highest BCUT2D eigenvalue weighted by Crippen LogP contribution is 2.34. The molecule has 3 aromatic rings. The second kappa shape index (κ2) is 11.0. The van der Waals surface area contributed by atoms with Crippen molar-refractivity contribution in [2.75, 3.05) is 29.2 Å². The molecule has 0 saturated carbocycles. The molecule has 12 heteroatoms. The number of anilines is 3. The summed E-state index contributed by atoms with van der Waals surface area (Å²) in [6, 6.07) is 9.35. The van der Waals surface area contributed by atoms with Crippen LogP contribution in [0.5, 0.6) is 0 Å². The van der Waals surface area contributed by atoms with Crippen molar-refractivity contribution in [3.63, 3.8) is 0 Å². The van der Waals surface area contributed by atoms with Gasteiger partial charge in [-0.25, -0.2) is 9.78 Å². The summed E-state index contributed by atoms with van der Waals surface area (Å²) in [5.41, 5.74) is -0.391. The number of carbonyl (C=O) groups excluding carboxylic acids is 2. The Labute approximate surface area is 204 Å². The number of carbonyl (C=O) groups is 2. The molecule has 0 radical (unpaired) electrons. The maximum atomic E-state index is 13.5. The summed E-state index contributed by atoms with van der Waals surface area (Å²) in [4.78, 5) is 33.2. The summed E-state index contributed by atoms with van der Waals surface area (Å²) in [6.45, 7) is 1.01. The van der Waals surface area contributed by atoms with Gasteiger partial charge in [0.2, 0.25) is 0 Å². The van der Waals surface area contributed by atoms with Gasteiger partial charge in [0.1, 0.15) is 11.9 Å². The van der Waals surface area contributed by atoms with Gasteiger partial charge >= 0.3 is 12.3 Å². The van der Waals surface area contributed by atoms with E-state index in [1.54, 1.807) is 24.5 Å². The fraction of sp³-hybridized carbons (Fsp3) is 0.250. The van der Waals surface area contributed by atoms with Crippen LogP contribution in [0, 0.1) is 0 Å². The average Bonchev–Trinajstić information content (AvgIpc) is 3.35. The first-order chi connectivity index (χ1) is 17.3. The minimum Gasteiger partial charge on any atom is -0.443 e. The van der Waals surface area contributed by atoms with Gasteiger partial charge in [-0.15, -0.1) is 0 Å². The van der Waals surface area contributed by atoms with Gasteiger partial charge in [0, 0.05) is 42.9 Å². The Morgan fingerprint density at radius 3 is 2.50 bits per heavy atom. The van der Waals surface area contributed by atoms with E-state index in [2.05, 4.69) is 25.9 Å². The van der Waals surface area contributed by atoms with Gasteiger partial charge in [-0.1, -0.05) is 0 Å². The Hall–Kier alpha value is -4.19. The van der Waals surface area contributed by atoms with E-state index in [1.165, 1.54) is 24.4 Å². The lowest BCUT2D eigenvalue weighted by atomic mass is 10.1. The SMILES string of the molecule is O=C(Nc1cc(NC(=O)c2cccnc2NCc2ccncc2)cc(C(F)(F)F)c1)OC1CCOC1. The van der Waals surface area contributed by atoms with E-state index in [-0.39, 0.29) is 29.4 Å². The van der Waals surface area contributed by atoms with Gasteiger partial charge in [0.05, 0.1) is 24.3 Å². The number of amides is 2. The molecule has 1 unspecified atom stereocenters. The van der Waals surface area contributed by atoms with Gasteiger partial charge in [-0.2, -0.15) is 13.2 Å². The molecular weight excluding hydrogens is 479 g/mol. The lowest BCUT2D eigenvalue weighted by Crippen LogP contribution is -2.23. The average molecular weight is 501 g/mol. The maximum absolute atomic E-state index is 13.5. The molecule has 0 aliphatic carbocycles. The summed E-state index contributed by atoms with van der Waals surface area (Å²) in [6.07, 6.45) is -0.875. The Balaban J connectivity index is 1.51. The number of benzene rings is 1. The van der Waals surface area contributed by atoms with Crippen molar-refractivity contribution in [1.82, 2.24) is 9.97 Å². The number of halogens is 3. The Kier molecular flexibility index (Phi) is 7.64. The summed E-state index contributed by atoms with van der Waals surface area (Å²) < 4.78 is 50.8. The van der Waals surface area contributed by atoms with Crippen molar-refractivity contribution in [3.05, 3.63) is 77.7 Å². The van der Waals surface area contributed by atoms with Crippen molar-refractivity contribution >= 4 is 29.2 Å². The first-order valence-electron chi connectivity index (χ1n) is 10.9. The van der Waals surface area contributed by atoms with E-state index in [4.69, 9.17) is 9.47 Å². The van der Waals surface area contributed by atoms with Crippen LogP contribution in [0.15, 0.2) is 61.1 Å². The number of hydrogen-bond donors (Lipinski definition) is 3. The molecule has 0 bridgehead atoms. The highest BCUT2D eigenvalue weighted by Gasteiger charge is 2.32. The second-order valence-electron chi connectivity index (χ2n) is 7.88. The van der Waals surface area contributed by atoms with Crippen LogP contribution in [0.3, 0.4) is 0 Å². The number of ether oxygens (including phenoxy) is 2. The number of alkyl halides is 3. The zero-order valence-corrected chi connectivity index (χ0v) is 18.8. The fourth-order valence-corrected chi connectivity index (χ4v) is 3.45. The van der Waals surface area contributed by atoms with E-state index >= 15 is 0 Å². The van der Waals surface area contributed by atoms with Crippen LogP contribution in [0.1, 0.15) is 27.9 Å². The highest BCUT2D eigenvalue weighted by molar-refractivity contribution is 6.07. The fourth-order valence-electron chi connectivity index (χ4n) is 3.45. The molecule has 1 fully saturated rings. The molecule has 1 atom stereocenters. The third-order valence-electron chi connectivity index (χ3n) is 5.19. The van der Waals surface area contributed by atoms with E-state index in [0.29, 0.717) is 19.6 Å². The van der Waals surface area contributed by atoms with E-state index in [1.807, 2.05) is 0 Å². The molecule has 0 spiro atoms. The van der Waals surface area contributed by atoms with Crippen LogP contribution in [0.4, 0.5) is 35.2 Å². The van der Waals surface area contributed by atoms with Crippen LogP contribution in [0.2, 0.25) is 0 Å². The molecule has 36 heavy (non-hydrogen) atoms. The Morgan fingerprint density at radius 1 is 1.06 bits per heavy atom. The lowest BCUT2D eigenvalue weighted by Gasteiger charge is -2.16. The molecule has 188 valence electrons. The van der Waals surface area contributed by atoms with Crippen molar-refractivity contribution in [3.8, 4) is 0 Å². The summed E-state index contributed by atoms with van der Waals surface area (Å²) in [5.74, 6) is -0.434. The zero-order valence-electron chi connectivity index (χ0n) is 18.8. The van der Waals surface area contributed by atoms with E-state index < -0.39 is 29.8 Å². The number of nitrogens with zero attached hydrogens (tertiary/aromatic N) is 2. The molecule has 3 heterocycles. The molecule has 1 aliphatic heterocycles. The van der Waals surface area contributed by atoms with Crippen LogP contribution < -0.4 is 16.0 Å². The molecular formula is C24H22F3N5O4. The molecule has 1 aromatic carbocycles. The summed E-state index contributed by atoms with van der Waals surface area (Å²) in [7, 11) is 0. The minimum atomic E-state index is -4.72. The number of nitrogens with one attached hydrogen (secondary N) is 3. The molecule has 1 saturated heterocycles. The molecule has 9 nitrogen and oxygen atoms in total. The standard InChI is InChI=1S/C24H22F3N5O4/c25-24(26,27)16-10-17(12-18(11-16)32-23(34)36-19-5-9-35-14-19)31-22(33)20-2-1-6-29-21(20)30-13-15-3-7-28-8-4-15/h1-4,6-8,10-12,19H,5,9,13-14H2,(H,29,30)(H,31,33)(H,32,34). The Bertz CT molecular complexity index is 1220. The molecule has 1 aliphatic rings. The predicted octanol–water partition coefficient (Wildman–Crippen LogP) is 4.70. The number of aromatic nitrogens is 2. The number of hydrogen-bond acceptors (Lipinski definition) is 7. The third kappa shape index (κ3) is 6.69. The van der Waals surface area contributed by atoms with Crippen LogP contribution in [-0.2, 0) is 22.2 Å². The van der Waals surface area contributed by atoms with Crippen molar-refractivity contribution in [1.29, 1.82) is 0 Å². The van der Waals surface area contributed by atoms with Gasteiger partial charge in [-0.3, -0.25) is 15.1 Å². The molecule has 2 amide bonds. The summed E-state index contributed by atoms with van der Waals surface area (Å²) in [5, 5.41) is 7.78. The van der Waals surface area contributed by atoms with Gasteiger partial charge < -0.3 is 20.1 Å².